The van der Waals surface area contributed by atoms with Crippen molar-refractivity contribution in [3.8, 4) is 0 Å². The number of oxazole rings is 1. The van der Waals surface area contributed by atoms with Crippen LogP contribution in [0.3, 0.4) is 0 Å². The second kappa shape index (κ2) is 8.98. The second-order valence-electron chi connectivity index (χ2n) is 6.82. The molecule has 1 aromatic heterocycles. The largest absolute Gasteiger partial charge is 0.437 e. The molecule has 1 unspecified atom stereocenters. The quantitative estimate of drug-likeness (QED) is 0.650. The molecule has 0 aliphatic carbocycles. The van der Waals surface area contributed by atoms with Crippen LogP contribution in [-0.2, 0) is 9.53 Å². The first-order valence-electron chi connectivity index (χ1n) is 9.58. The molecule has 1 aliphatic heterocycles. The fourth-order valence-corrected chi connectivity index (χ4v) is 3.43. The molecule has 4 rings (SSSR count). The first-order valence-corrected chi connectivity index (χ1v) is 9.58. The lowest BCUT2D eigenvalue weighted by molar-refractivity contribution is -0.116. The third-order valence-electron chi connectivity index (χ3n) is 4.88. The molecule has 3 aromatic rings. The number of rotatable bonds is 6. The van der Waals surface area contributed by atoms with Gasteiger partial charge in [-0.05, 0) is 29.8 Å². The number of hydrogen-bond donors (Lipinski definition) is 1. The van der Waals surface area contributed by atoms with E-state index in [-0.39, 0.29) is 17.8 Å². The van der Waals surface area contributed by atoms with Crippen LogP contribution in [0.15, 0.2) is 59.0 Å². The number of morpholine rings is 1. The van der Waals surface area contributed by atoms with Gasteiger partial charge in [0, 0.05) is 31.8 Å². The maximum absolute atomic E-state index is 13.7. The molecule has 0 radical (unpaired) electrons. The molecule has 1 fully saturated rings. The molecule has 29 heavy (non-hydrogen) atoms. The van der Waals surface area contributed by atoms with Gasteiger partial charge in [-0.3, -0.25) is 9.69 Å². The molecule has 6 nitrogen and oxygen atoms in total. The minimum absolute atomic E-state index is 0.128. The molecule has 150 valence electrons. The number of carbonyl (C=O) groups is 1. The van der Waals surface area contributed by atoms with Gasteiger partial charge in [0.1, 0.15) is 11.3 Å². The summed E-state index contributed by atoms with van der Waals surface area (Å²) in [5.41, 5.74) is 2.24. The molecule has 2 aromatic carbocycles. The van der Waals surface area contributed by atoms with Crippen molar-refractivity contribution in [2.24, 2.45) is 0 Å². The van der Waals surface area contributed by atoms with Crippen LogP contribution in [0.4, 0.5) is 4.39 Å². The molecular weight excluding hydrogens is 373 g/mol. The fraction of sp³-hybridized carbons (Fsp3) is 0.273. The number of ether oxygens (including phenoxy) is 1. The number of nitrogens with one attached hydrogen (secondary N) is 1. The molecule has 7 heteroatoms. The van der Waals surface area contributed by atoms with Gasteiger partial charge in [-0.25, -0.2) is 9.37 Å². The number of fused-ring (bicyclic) bond motifs is 1. The van der Waals surface area contributed by atoms with Crippen molar-refractivity contribution in [3.05, 3.63) is 71.9 Å². The van der Waals surface area contributed by atoms with E-state index in [9.17, 15) is 9.18 Å². The summed E-state index contributed by atoms with van der Waals surface area (Å²) < 4.78 is 24.7. The number of hydrogen-bond acceptors (Lipinski definition) is 5. The third kappa shape index (κ3) is 4.88. The third-order valence-corrected chi connectivity index (χ3v) is 4.88. The summed E-state index contributed by atoms with van der Waals surface area (Å²) in [6.07, 6.45) is 2.94. The Labute approximate surface area is 168 Å². The van der Waals surface area contributed by atoms with E-state index < -0.39 is 0 Å². The first kappa shape index (κ1) is 19.3. The Morgan fingerprint density at radius 2 is 2.03 bits per heavy atom. The first-order chi connectivity index (χ1) is 14.2. The van der Waals surface area contributed by atoms with E-state index in [0.29, 0.717) is 31.2 Å². The monoisotopic (exact) mass is 395 g/mol. The molecule has 1 aliphatic rings. The summed E-state index contributed by atoms with van der Waals surface area (Å²) in [6.45, 7) is 3.07. The Kier molecular flexibility index (Phi) is 5.97. The predicted octanol–water partition coefficient (Wildman–Crippen LogP) is 3.17. The van der Waals surface area contributed by atoms with E-state index >= 15 is 0 Å². The number of para-hydroxylation sites is 2. The van der Waals surface area contributed by atoms with Crippen molar-refractivity contribution >= 4 is 23.1 Å². The summed E-state index contributed by atoms with van der Waals surface area (Å²) in [7, 11) is 0. The molecule has 1 atom stereocenters. The standard InChI is InChI=1S/C22H22FN3O3/c23-17-5-3-4-16(14-17)19(26-10-12-28-13-11-26)15-24-21(27)8-9-22-25-18-6-1-2-7-20(18)29-22/h1-9,14,19H,10-13,15H2,(H,24,27)/b9-8+. The molecule has 1 saturated heterocycles. The Morgan fingerprint density at radius 3 is 2.83 bits per heavy atom. The average molecular weight is 395 g/mol. The second-order valence-corrected chi connectivity index (χ2v) is 6.82. The van der Waals surface area contributed by atoms with E-state index in [0.717, 1.165) is 24.2 Å². The molecule has 0 bridgehead atoms. The topological polar surface area (TPSA) is 67.6 Å². The summed E-state index contributed by atoms with van der Waals surface area (Å²) in [5, 5.41) is 2.90. The van der Waals surface area contributed by atoms with Gasteiger partial charge < -0.3 is 14.5 Å². The van der Waals surface area contributed by atoms with Crippen molar-refractivity contribution in [3.63, 3.8) is 0 Å². The van der Waals surface area contributed by atoms with Crippen LogP contribution in [0.2, 0.25) is 0 Å². The van der Waals surface area contributed by atoms with Crippen LogP contribution < -0.4 is 5.32 Å². The number of benzene rings is 2. The normalized spacial score (nSPS) is 16.3. The number of carbonyl (C=O) groups excluding carboxylic acids is 1. The lowest BCUT2D eigenvalue weighted by atomic mass is 10.0. The zero-order valence-electron chi connectivity index (χ0n) is 15.9. The Morgan fingerprint density at radius 1 is 1.21 bits per heavy atom. The molecule has 2 heterocycles. The Bertz CT molecular complexity index is 978. The maximum Gasteiger partial charge on any atom is 0.244 e. The van der Waals surface area contributed by atoms with Crippen molar-refractivity contribution in [1.29, 1.82) is 0 Å². The van der Waals surface area contributed by atoms with Crippen molar-refractivity contribution in [2.45, 2.75) is 6.04 Å². The SMILES string of the molecule is O=C(/C=C/c1nc2ccccc2o1)NCC(c1cccc(F)c1)N1CCOCC1. The Hall–Kier alpha value is -3.03. The highest BCUT2D eigenvalue weighted by molar-refractivity contribution is 5.91. The van der Waals surface area contributed by atoms with Crippen LogP contribution in [0.25, 0.3) is 17.2 Å². The summed E-state index contributed by atoms with van der Waals surface area (Å²) in [6, 6.07) is 13.8. The maximum atomic E-state index is 13.7. The smallest absolute Gasteiger partial charge is 0.244 e. The van der Waals surface area contributed by atoms with Crippen molar-refractivity contribution in [1.82, 2.24) is 15.2 Å². The lowest BCUT2D eigenvalue weighted by Gasteiger charge is -2.34. The van der Waals surface area contributed by atoms with Gasteiger partial charge in [0.25, 0.3) is 0 Å². The van der Waals surface area contributed by atoms with Gasteiger partial charge >= 0.3 is 0 Å². The van der Waals surface area contributed by atoms with E-state index in [1.165, 1.54) is 18.2 Å². The summed E-state index contributed by atoms with van der Waals surface area (Å²) >= 11 is 0. The van der Waals surface area contributed by atoms with Gasteiger partial charge in [-0.15, -0.1) is 0 Å². The average Bonchev–Trinajstić information content (AvgIpc) is 3.16. The highest BCUT2D eigenvalue weighted by Gasteiger charge is 2.23. The number of amides is 1. The van der Waals surface area contributed by atoms with Crippen LogP contribution >= 0.6 is 0 Å². The highest BCUT2D eigenvalue weighted by atomic mass is 19.1. The molecule has 1 amide bonds. The van der Waals surface area contributed by atoms with Gasteiger partial charge in [0.2, 0.25) is 11.8 Å². The van der Waals surface area contributed by atoms with Crippen LogP contribution in [0.1, 0.15) is 17.5 Å². The zero-order chi connectivity index (χ0) is 20.1. The van der Waals surface area contributed by atoms with Gasteiger partial charge in [-0.1, -0.05) is 24.3 Å². The van der Waals surface area contributed by atoms with Crippen LogP contribution in [0.5, 0.6) is 0 Å². The minimum Gasteiger partial charge on any atom is -0.437 e. The van der Waals surface area contributed by atoms with E-state index in [4.69, 9.17) is 9.15 Å². The molecule has 0 saturated carbocycles. The van der Waals surface area contributed by atoms with Crippen LogP contribution in [-0.4, -0.2) is 48.6 Å². The highest BCUT2D eigenvalue weighted by Crippen LogP contribution is 2.22. The van der Waals surface area contributed by atoms with Crippen molar-refractivity contribution < 1.29 is 18.3 Å². The van der Waals surface area contributed by atoms with Crippen molar-refractivity contribution in [2.75, 3.05) is 32.8 Å². The van der Waals surface area contributed by atoms with Gasteiger partial charge in [0.15, 0.2) is 5.58 Å². The minimum atomic E-state index is -0.289. The molecular formula is C22H22FN3O3. The van der Waals surface area contributed by atoms with Crippen LogP contribution in [0, 0.1) is 5.82 Å². The van der Waals surface area contributed by atoms with Gasteiger partial charge in [-0.2, -0.15) is 0 Å². The Balaban J connectivity index is 1.42. The predicted molar refractivity (Wildman–Crippen MR) is 108 cm³/mol. The molecule has 0 spiro atoms. The zero-order valence-corrected chi connectivity index (χ0v) is 15.9. The van der Waals surface area contributed by atoms with Gasteiger partial charge in [0.05, 0.1) is 19.3 Å². The van der Waals surface area contributed by atoms with E-state index in [2.05, 4.69) is 15.2 Å². The van der Waals surface area contributed by atoms with E-state index in [1.54, 1.807) is 12.1 Å². The lowest BCUT2D eigenvalue weighted by Crippen LogP contribution is -2.43. The number of halogens is 1. The molecule has 1 N–H and O–H groups in total. The number of aromatic nitrogens is 1. The summed E-state index contributed by atoms with van der Waals surface area (Å²) in [4.78, 5) is 18.8. The fourth-order valence-electron chi connectivity index (χ4n) is 3.43. The number of nitrogens with zero attached hydrogens (tertiary/aromatic N) is 2. The van der Waals surface area contributed by atoms with E-state index in [1.807, 2.05) is 30.3 Å². The summed E-state index contributed by atoms with van der Waals surface area (Å²) in [5.74, 6) is -0.180.